The molecular weight excluding hydrogens is 342 g/mol. The van der Waals surface area contributed by atoms with Crippen molar-refractivity contribution < 1.29 is 22.7 Å². The molecular formula is C18H16NO5S-. The predicted octanol–water partition coefficient (Wildman–Crippen LogP) is 1.89. The summed E-state index contributed by atoms with van der Waals surface area (Å²) in [6.07, 6.45) is 0. The van der Waals surface area contributed by atoms with Gasteiger partial charge in [-0.2, -0.15) is 0 Å². The van der Waals surface area contributed by atoms with E-state index in [4.69, 9.17) is 4.42 Å². The van der Waals surface area contributed by atoms with Crippen LogP contribution in [0.15, 0.2) is 51.8 Å². The third-order valence-corrected chi connectivity index (χ3v) is 5.39. The van der Waals surface area contributed by atoms with Gasteiger partial charge in [0.15, 0.2) is 5.76 Å². The zero-order chi connectivity index (χ0) is 18.2. The number of hydrogen-bond acceptors (Lipinski definition) is 5. The third-order valence-electron chi connectivity index (χ3n) is 3.99. The summed E-state index contributed by atoms with van der Waals surface area (Å²) < 4.78 is 32.7. The van der Waals surface area contributed by atoms with Crippen LogP contribution in [0.25, 0.3) is 11.0 Å². The van der Waals surface area contributed by atoms with Crippen molar-refractivity contribution >= 4 is 27.0 Å². The second-order valence-electron chi connectivity index (χ2n) is 5.81. The van der Waals surface area contributed by atoms with Crippen molar-refractivity contribution in [2.45, 2.75) is 25.3 Å². The molecule has 7 heteroatoms. The van der Waals surface area contributed by atoms with Crippen LogP contribution in [0, 0.1) is 13.8 Å². The van der Waals surface area contributed by atoms with Crippen LogP contribution in [0.3, 0.4) is 0 Å². The summed E-state index contributed by atoms with van der Waals surface area (Å²) in [7, 11) is -3.74. The molecule has 0 fully saturated rings. The van der Waals surface area contributed by atoms with Gasteiger partial charge in [0.2, 0.25) is 10.0 Å². The van der Waals surface area contributed by atoms with Crippen molar-refractivity contribution in [3.63, 3.8) is 0 Å². The van der Waals surface area contributed by atoms with Crippen molar-refractivity contribution in [3.05, 3.63) is 64.9 Å². The predicted molar refractivity (Wildman–Crippen MR) is 90.5 cm³/mol. The Morgan fingerprint density at radius 2 is 1.80 bits per heavy atom. The molecule has 1 heterocycles. The van der Waals surface area contributed by atoms with E-state index in [9.17, 15) is 18.3 Å². The molecule has 0 aliphatic heterocycles. The maximum absolute atomic E-state index is 12.5. The first-order valence-corrected chi connectivity index (χ1v) is 9.06. The van der Waals surface area contributed by atoms with E-state index in [0.29, 0.717) is 16.5 Å². The molecule has 0 radical (unpaired) electrons. The number of hydrogen-bond donors (Lipinski definition) is 1. The monoisotopic (exact) mass is 358 g/mol. The molecule has 1 N–H and O–H groups in total. The Kier molecular flexibility index (Phi) is 4.36. The average Bonchev–Trinajstić information content (AvgIpc) is 2.91. The summed E-state index contributed by atoms with van der Waals surface area (Å²) in [4.78, 5) is 11.1. The van der Waals surface area contributed by atoms with Gasteiger partial charge in [-0.3, -0.25) is 0 Å². The Hall–Kier alpha value is -2.64. The Bertz CT molecular complexity index is 1050. The molecule has 0 unspecified atom stereocenters. The minimum atomic E-state index is -3.74. The number of aromatic carboxylic acids is 1. The van der Waals surface area contributed by atoms with Crippen LogP contribution in [-0.2, 0) is 16.6 Å². The maximum Gasteiger partial charge on any atom is 0.240 e. The summed E-state index contributed by atoms with van der Waals surface area (Å²) in [5.41, 5.74) is 2.57. The fraction of sp³-hybridized carbons (Fsp3) is 0.167. The summed E-state index contributed by atoms with van der Waals surface area (Å²) in [5, 5.41) is 11.4. The van der Waals surface area contributed by atoms with Crippen molar-refractivity contribution in [1.29, 1.82) is 0 Å². The second kappa shape index (κ2) is 6.34. The number of benzene rings is 2. The standard InChI is InChI=1S/C18H17NO5S/c1-11-3-5-13(6-4-11)10-19-25(22,23)14-7-8-16-15(9-14)12(2)17(24-16)18(20)21/h3-9,19H,10H2,1-2H3,(H,20,21)/p-1. The molecule has 0 aliphatic rings. The molecule has 0 atom stereocenters. The van der Waals surface area contributed by atoms with Gasteiger partial charge in [-0.1, -0.05) is 29.8 Å². The number of carboxylic acid groups (broad SMARTS) is 1. The third kappa shape index (κ3) is 3.42. The summed E-state index contributed by atoms with van der Waals surface area (Å²) in [6.45, 7) is 3.67. The molecule has 0 spiro atoms. The first-order chi connectivity index (χ1) is 11.8. The molecule has 130 valence electrons. The number of rotatable bonds is 5. The maximum atomic E-state index is 12.5. The SMILES string of the molecule is Cc1ccc(CNS(=O)(=O)c2ccc3oc(C(=O)[O-])c(C)c3c2)cc1. The lowest BCUT2D eigenvalue weighted by molar-refractivity contribution is -0.257. The van der Waals surface area contributed by atoms with Crippen LogP contribution in [0.2, 0.25) is 0 Å². The number of aryl methyl sites for hydroxylation is 2. The summed E-state index contributed by atoms with van der Waals surface area (Å²) >= 11 is 0. The average molecular weight is 358 g/mol. The quantitative estimate of drug-likeness (QED) is 0.751. The van der Waals surface area contributed by atoms with E-state index in [0.717, 1.165) is 11.1 Å². The van der Waals surface area contributed by atoms with Gasteiger partial charge in [0.25, 0.3) is 0 Å². The van der Waals surface area contributed by atoms with Gasteiger partial charge in [-0.05, 0) is 37.6 Å². The smallest absolute Gasteiger partial charge is 0.240 e. The fourth-order valence-electron chi connectivity index (χ4n) is 2.53. The van der Waals surface area contributed by atoms with Crippen LogP contribution in [-0.4, -0.2) is 14.4 Å². The first kappa shape index (κ1) is 17.2. The Balaban J connectivity index is 1.90. The molecule has 0 amide bonds. The number of carbonyl (C=O) groups excluding carboxylic acids is 1. The van der Waals surface area contributed by atoms with Gasteiger partial charge in [-0.15, -0.1) is 0 Å². The minimum absolute atomic E-state index is 0.0425. The summed E-state index contributed by atoms with van der Waals surface area (Å²) in [5.74, 6) is -1.73. The molecule has 2 aromatic carbocycles. The van der Waals surface area contributed by atoms with E-state index in [1.165, 1.54) is 18.2 Å². The van der Waals surface area contributed by atoms with E-state index in [2.05, 4.69) is 4.72 Å². The van der Waals surface area contributed by atoms with Crippen LogP contribution < -0.4 is 9.83 Å². The van der Waals surface area contributed by atoms with Gasteiger partial charge in [0, 0.05) is 17.5 Å². The van der Waals surface area contributed by atoms with E-state index in [1.54, 1.807) is 6.92 Å². The number of nitrogens with one attached hydrogen (secondary N) is 1. The second-order valence-corrected chi connectivity index (χ2v) is 7.58. The highest BCUT2D eigenvalue weighted by molar-refractivity contribution is 7.89. The van der Waals surface area contributed by atoms with Gasteiger partial charge in [0.1, 0.15) is 11.6 Å². The Morgan fingerprint density at radius 1 is 1.12 bits per heavy atom. The molecule has 3 aromatic rings. The zero-order valence-corrected chi connectivity index (χ0v) is 14.5. The molecule has 1 aromatic heterocycles. The molecule has 0 bridgehead atoms. The highest BCUT2D eigenvalue weighted by Crippen LogP contribution is 2.27. The van der Waals surface area contributed by atoms with Crippen LogP contribution >= 0.6 is 0 Å². The number of sulfonamides is 1. The molecule has 0 saturated heterocycles. The number of fused-ring (bicyclic) bond motifs is 1. The highest BCUT2D eigenvalue weighted by atomic mass is 32.2. The lowest BCUT2D eigenvalue weighted by Crippen LogP contribution is -2.23. The number of furan rings is 1. The largest absolute Gasteiger partial charge is 0.542 e. The van der Waals surface area contributed by atoms with E-state index < -0.39 is 16.0 Å². The highest BCUT2D eigenvalue weighted by Gasteiger charge is 2.18. The van der Waals surface area contributed by atoms with Gasteiger partial charge in [-0.25, -0.2) is 13.1 Å². The lowest BCUT2D eigenvalue weighted by atomic mass is 10.1. The van der Waals surface area contributed by atoms with E-state index in [1.807, 2.05) is 31.2 Å². The van der Waals surface area contributed by atoms with Crippen LogP contribution in [0.4, 0.5) is 0 Å². The van der Waals surface area contributed by atoms with E-state index in [-0.39, 0.29) is 17.2 Å². The van der Waals surface area contributed by atoms with Crippen molar-refractivity contribution in [1.82, 2.24) is 4.72 Å². The molecule has 25 heavy (non-hydrogen) atoms. The van der Waals surface area contributed by atoms with Gasteiger partial charge in [0.05, 0.1) is 4.90 Å². The topological polar surface area (TPSA) is 99.4 Å². The van der Waals surface area contributed by atoms with Crippen LogP contribution in [0.5, 0.6) is 0 Å². The molecule has 0 saturated carbocycles. The lowest BCUT2D eigenvalue weighted by Gasteiger charge is -2.07. The summed E-state index contributed by atoms with van der Waals surface area (Å²) in [6, 6.07) is 11.7. The molecule has 6 nitrogen and oxygen atoms in total. The number of carboxylic acids is 1. The first-order valence-electron chi connectivity index (χ1n) is 7.57. The Morgan fingerprint density at radius 3 is 2.44 bits per heavy atom. The Labute approximate surface area is 145 Å². The van der Waals surface area contributed by atoms with Crippen molar-refractivity contribution in [2.24, 2.45) is 0 Å². The van der Waals surface area contributed by atoms with Gasteiger partial charge < -0.3 is 14.3 Å². The molecule has 0 aliphatic carbocycles. The van der Waals surface area contributed by atoms with E-state index >= 15 is 0 Å². The zero-order valence-electron chi connectivity index (χ0n) is 13.7. The molecule has 3 rings (SSSR count). The number of carbonyl (C=O) groups is 1. The minimum Gasteiger partial charge on any atom is -0.542 e. The van der Waals surface area contributed by atoms with Crippen molar-refractivity contribution in [2.75, 3.05) is 0 Å². The fourth-order valence-corrected chi connectivity index (χ4v) is 3.57. The van der Waals surface area contributed by atoms with Gasteiger partial charge >= 0.3 is 0 Å². The van der Waals surface area contributed by atoms with Crippen LogP contribution in [0.1, 0.15) is 27.2 Å². The normalized spacial score (nSPS) is 11.8. The van der Waals surface area contributed by atoms with Crippen molar-refractivity contribution in [3.8, 4) is 0 Å².